The Morgan fingerprint density at radius 2 is 2.08 bits per heavy atom. The van der Waals surface area contributed by atoms with Crippen LogP contribution in [0.3, 0.4) is 0 Å². The molecule has 134 valence electrons. The van der Waals surface area contributed by atoms with E-state index >= 15 is 0 Å². The largest absolute Gasteiger partial charge is 0.417 e. The molecule has 12 heteroatoms. The first-order valence-electron chi connectivity index (χ1n) is 6.61. The maximum Gasteiger partial charge on any atom is 0.417 e. The summed E-state index contributed by atoms with van der Waals surface area (Å²) >= 11 is 6.39. The number of nitrogens with zero attached hydrogens (tertiary/aromatic N) is 2. The Morgan fingerprint density at radius 1 is 1.40 bits per heavy atom. The van der Waals surface area contributed by atoms with Crippen molar-refractivity contribution in [2.24, 2.45) is 21.5 Å². The Balaban J connectivity index is 2.02. The number of anilines is 1. The highest BCUT2D eigenvalue weighted by atomic mass is 35.5. The van der Waals surface area contributed by atoms with Crippen molar-refractivity contribution in [2.45, 2.75) is 17.8 Å². The third-order valence-electron chi connectivity index (χ3n) is 2.88. The standard InChI is InChI=1S/C13H11ClF3N5O2S/c14-7-2-1-5(3-6(7)13(15,16)17)20-9(23)4-8-10(24)21-12(25-8)22-11(18)19/h1-3,8H,4H2,(H,20,23)(H4,18,19,21,22,24)/t8-/m0/s1. The van der Waals surface area contributed by atoms with Crippen LogP contribution in [0, 0.1) is 0 Å². The highest BCUT2D eigenvalue weighted by Gasteiger charge is 2.34. The number of nitrogens with two attached hydrogens (primary N) is 2. The first kappa shape index (κ1) is 19.1. The van der Waals surface area contributed by atoms with Crippen LogP contribution in [0.2, 0.25) is 5.02 Å². The van der Waals surface area contributed by atoms with Gasteiger partial charge in [-0.2, -0.15) is 23.2 Å². The van der Waals surface area contributed by atoms with Crippen molar-refractivity contribution >= 4 is 52.0 Å². The van der Waals surface area contributed by atoms with Crippen molar-refractivity contribution in [1.82, 2.24) is 0 Å². The van der Waals surface area contributed by atoms with Crippen LogP contribution in [0.4, 0.5) is 18.9 Å². The number of amides is 2. The quantitative estimate of drug-likeness (QED) is 0.535. The van der Waals surface area contributed by atoms with Crippen molar-refractivity contribution in [3.63, 3.8) is 0 Å². The first-order valence-corrected chi connectivity index (χ1v) is 7.87. The second-order valence-corrected chi connectivity index (χ2v) is 6.40. The Kier molecular flexibility index (Phi) is 5.58. The van der Waals surface area contributed by atoms with Crippen LogP contribution < -0.4 is 16.8 Å². The lowest BCUT2D eigenvalue weighted by atomic mass is 10.2. The molecule has 0 aromatic heterocycles. The number of halogens is 4. The molecule has 0 unspecified atom stereocenters. The fourth-order valence-electron chi connectivity index (χ4n) is 1.86. The molecule has 2 amide bonds. The van der Waals surface area contributed by atoms with Crippen molar-refractivity contribution in [1.29, 1.82) is 0 Å². The molecule has 0 radical (unpaired) electrons. The fourth-order valence-corrected chi connectivity index (χ4v) is 3.03. The summed E-state index contributed by atoms with van der Waals surface area (Å²) < 4.78 is 38.4. The number of rotatable bonds is 3. The van der Waals surface area contributed by atoms with Gasteiger partial charge in [0.05, 0.1) is 10.6 Å². The van der Waals surface area contributed by atoms with Gasteiger partial charge in [0, 0.05) is 12.1 Å². The summed E-state index contributed by atoms with van der Waals surface area (Å²) in [6.07, 6.45) is -4.96. The van der Waals surface area contributed by atoms with Gasteiger partial charge in [-0.15, -0.1) is 0 Å². The lowest BCUT2D eigenvalue weighted by Gasteiger charge is -2.12. The monoisotopic (exact) mass is 393 g/mol. The van der Waals surface area contributed by atoms with Crippen molar-refractivity contribution < 1.29 is 22.8 Å². The molecule has 0 spiro atoms. The van der Waals surface area contributed by atoms with Crippen LogP contribution in [0.25, 0.3) is 0 Å². The summed E-state index contributed by atoms with van der Waals surface area (Å²) in [7, 11) is 0. The Morgan fingerprint density at radius 3 is 2.68 bits per heavy atom. The van der Waals surface area contributed by atoms with Gasteiger partial charge < -0.3 is 16.8 Å². The topological polar surface area (TPSA) is 123 Å². The van der Waals surface area contributed by atoms with E-state index in [4.69, 9.17) is 23.1 Å². The number of hydrogen-bond donors (Lipinski definition) is 3. The SMILES string of the molecule is NC(N)=NC1=NC(=O)[C@H](CC(=O)Nc2ccc(Cl)c(C(F)(F)F)c2)S1. The molecule has 1 heterocycles. The van der Waals surface area contributed by atoms with Gasteiger partial charge in [0.25, 0.3) is 5.91 Å². The molecule has 0 bridgehead atoms. The van der Waals surface area contributed by atoms with Gasteiger partial charge in [0.15, 0.2) is 11.1 Å². The molecular weight excluding hydrogens is 383 g/mol. The van der Waals surface area contributed by atoms with Crippen molar-refractivity contribution in [3.05, 3.63) is 28.8 Å². The van der Waals surface area contributed by atoms with Crippen LogP contribution >= 0.6 is 23.4 Å². The Bertz CT molecular complexity index is 777. The van der Waals surface area contributed by atoms with Crippen LogP contribution in [0.1, 0.15) is 12.0 Å². The summed E-state index contributed by atoms with van der Waals surface area (Å²) in [5.41, 5.74) is 9.17. The van der Waals surface area contributed by atoms with E-state index in [-0.39, 0.29) is 23.2 Å². The molecule has 25 heavy (non-hydrogen) atoms. The maximum absolute atomic E-state index is 12.8. The highest BCUT2D eigenvalue weighted by Crippen LogP contribution is 2.36. The fraction of sp³-hybridized carbons (Fsp3) is 0.231. The molecule has 0 saturated heterocycles. The Hall–Kier alpha value is -2.27. The van der Waals surface area contributed by atoms with E-state index in [0.717, 1.165) is 17.8 Å². The predicted molar refractivity (Wildman–Crippen MR) is 89.3 cm³/mol. The number of carbonyl (C=O) groups excluding carboxylic acids is 2. The lowest BCUT2D eigenvalue weighted by Crippen LogP contribution is -2.23. The molecule has 5 N–H and O–H groups in total. The molecule has 2 rings (SSSR count). The van der Waals surface area contributed by atoms with Gasteiger partial charge in [-0.25, -0.2) is 0 Å². The number of carbonyl (C=O) groups is 2. The maximum atomic E-state index is 12.8. The summed E-state index contributed by atoms with van der Waals surface area (Å²) in [5, 5.41) is 0.969. The molecule has 1 atom stereocenters. The van der Waals surface area contributed by atoms with Gasteiger partial charge in [-0.3, -0.25) is 9.59 Å². The van der Waals surface area contributed by atoms with Crippen molar-refractivity contribution in [2.75, 3.05) is 5.32 Å². The summed E-state index contributed by atoms with van der Waals surface area (Å²) in [6.45, 7) is 0. The molecule has 7 nitrogen and oxygen atoms in total. The number of nitrogens with one attached hydrogen (secondary N) is 1. The van der Waals surface area contributed by atoms with Gasteiger partial charge in [-0.1, -0.05) is 23.4 Å². The lowest BCUT2D eigenvalue weighted by molar-refractivity contribution is -0.137. The molecule has 0 aliphatic carbocycles. The molecule has 1 aliphatic rings. The van der Waals surface area contributed by atoms with E-state index in [1.807, 2.05) is 0 Å². The average Bonchev–Trinajstić information content (AvgIpc) is 2.78. The minimum atomic E-state index is -4.65. The number of amidine groups is 1. The van der Waals surface area contributed by atoms with E-state index in [1.54, 1.807) is 0 Å². The Labute approximate surface area is 148 Å². The number of alkyl halides is 3. The van der Waals surface area contributed by atoms with Crippen LogP contribution in [0.5, 0.6) is 0 Å². The zero-order valence-electron chi connectivity index (χ0n) is 12.3. The third kappa shape index (κ3) is 5.10. The second-order valence-electron chi connectivity index (χ2n) is 4.82. The van der Waals surface area contributed by atoms with Gasteiger partial charge >= 0.3 is 6.18 Å². The number of thioether (sulfide) groups is 1. The van der Waals surface area contributed by atoms with E-state index < -0.39 is 33.8 Å². The molecule has 1 aliphatic heterocycles. The van der Waals surface area contributed by atoms with E-state index in [2.05, 4.69) is 15.3 Å². The number of aliphatic imine (C=N–C) groups is 2. The molecule has 1 aromatic rings. The number of hydrogen-bond acceptors (Lipinski definition) is 4. The number of benzene rings is 1. The van der Waals surface area contributed by atoms with E-state index in [9.17, 15) is 22.8 Å². The van der Waals surface area contributed by atoms with Crippen LogP contribution in [-0.2, 0) is 15.8 Å². The summed E-state index contributed by atoms with van der Waals surface area (Å²) in [4.78, 5) is 30.8. The predicted octanol–water partition coefficient (Wildman–Crippen LogP) is 1.96. The molecule has 0 saturated carbocycles. The normalized spacial score (nSPS) is 17.2. The van der Waals surface area contributed by atoms with E-state index in [0.29, 0.717) is 6.07 Å². The zero-order valence-corrected chi connectivity index (χ0v) is 13.9. The smallest absolute Gasteiger partial charge is 0.370 e. The molecule has 0 fully saturated rings. The minimum Gasteiger partial charge on any atom is -0.370 e. The molecule has 1 aromatic carbocycles. The third-order valence-corrected chi connectivity index (χ3v) is 4.26. The zero-order chi connectivity index (χ0) is 18.8. The first-order chi connectivity index (χ1) is 11.6. The minimum absolute atomic E-state index is 0.0219. The van der Waals surface area contributed by atoms with Gasteiger partial charge in [0.2, 0.25) is 5.91 Å². The van der Waals surface area contributed by atoms with Crippen molar-refractivity contribution in [3.8, 4) is 0 Å². The van der Waals surface area contributed by atoms with E-state index in [1.165, 1.54) is 6.07 Å². The summed E-state index contributed by atoms with van der Waals surface area (Å²) in [5.74, 6) is -1.56. The highest BCUT2D eigenvalue weighted by molar-refractivity contribution is 8.15. The second kappa shape index (κ2) is 7.31. The van der Waals surface area contributed by atoms with Crippen LogP contribution in [0.15, 0.2) is 28.2 Å². The summed E-state index contributed by atoms with van der Waals surface area (Å²) in [6, 6.07) is 2.96. The van der Waals surface area contributed by atoms with Gasteiger partial charge in [-0.05, 0) is 18.2 Å². The average molecular weight is 394 g/mol. The molecular formula is C13H11ClF3N5O2S. The number of guanidine groups is 1. The van der Waals surface area contributed by atoms with Gasteiger partial charge in [0.1, 0.15) is 5.25 Å². The van der Waals surface area contributed by atoms with Crippen LogP contribution in [-0.4, -0.2) is 28.2 Å².